The first kappa shape index (κ1) is 25.4. The zero-order valence-corrected chi connectivity index (χ0v) is 19.8. The maximum atomic E-state index is 13.9. The third kappa shape index (κ3) is 5.12. The van der Waals surface area contributed by atoms with Gasteiger partial charge in [-0.1, -0.05) is 6.92 Å². The smallest absolute Gasteiger partial charge is 0.264 e. The van der Waals surface area contributed by atoms with Gasteiger partial charge in [0, 0.05) is 13.7 Å². The van der Waals surface area contributed by atoms with E-state index in [1.165, 1.54) is 19.1 Å². The van der Waals surface area contributed by atoms with E-state index < -0.39 is 41.5 Å². The minimum Gasteiger partial charge on any atom is -0.480 e. The minimum absolute atomic E-state index is 0.162. The number of fused-ring (bicyclic) bond motifs is 1. The zero-order valence-electron chi connectivity index (χ0n) is 19.0. The molecular weight excluding hydrogens is 473 g/mol. The molecule has 34 heavy (non-hydrogen) atoms. The van der Waals surface area contributed by atoms with Crippen molar-refractivity contribution in [2.75, 3.05) is 32.6 Å². The fraction of sp³-hybridized carbons (Fsp3) is 0.364. The van der Waals surface area contributed by atoms with E-state index in [0.717, 1.165) is 17.4 Å². The minimum atomic E-state index is -1.69. The summed E-state index contributed by atoms with van der Waals surface area (Å²) in [5.41, 5.74) is 0.0792. The lowest BCUT2D eigenvalue weighted by Gasteiger charge is -2.21. The number of aromatic nitrogens is 2. The van der Waals surface area contributed by atoms with Crippen LogP contribution in [-0.4, -0.2) is 54.0 Å². The fourth-order valence-electron chi connectivity index (χ4n) is 3.34. The molecular formula is C22H23F3N4O4S. The molecule has 0 fully saturated rings. The van der Waals surface area contributed by atoms with Crippen LogP contribution < -0.4 is 10.1 Å². The van der Waals surface area contributed by atoms with Crippen LogP contribution in [0.15, 0.2) is 12.1 Å². The Morgan fingerprint density at radius 2 is 1.88 bits per heavy atom. The first-order chi connectivity index (χ1) is 16.2. The Morgan fingerprint density at radius 1 is 1.15 bits per heavy atom. The number of hydrogen-bond donors (Lipinski definition) is 1. The Hall–Kier alpha value is -3.25. The summed E-state index contributed by atoms with van der Waals surface area (Å²) >= 11 is 1.13. The van der Waals surface area contributed by atoms with E-state index in [1.54, 1.807) is 6.92 Å². The Morgan fingerprint density at radius 3 is 2.53 bits per heavy atom. The summed E-state index contributed by atoms with van der Waals surface area (Å²) in [5.74, 6) is -5.07. The Balaban J connectivity index is 1.88. The molecule has 3 aromatic rings. The van der Waals surface area contributed by atoms with Crippen molar-refractivity contribution in [3.63, 3.8) is 0 Å². The third-order valence-corrected chi connectivity index (χ3v) is 6.06. The number of benzene rings is 1. The maximum absolute atomic E-state index is 13.9. The number of thiophene rings is 1. The van der Waals surface area contributed by atoms with Gasteiger partial charge < -0.3 is 19.7 Å². The predicted molar refractivity (Wildman–Crippen MR) is 121 cm³/mol. The van der Waals surface area contributed by atoms with Gasteiger partial charge in [0.1, 0.15) is 18.0 Å². The summed E-state index contributed by atoms with van der Waals surface area (Å²) < 4.78 is 51.0. The van der Waals surface area contributed by atoms with E-state index in [0.29, 0.717) is 44.8 Å². The molecule has 3 rings (SSSR count). The SMILES string of the molecule is CCCN(CC(=O)Nc1ccc(F)c(F)c1F)C(=O)c1sc2nc(COC)nc(OC)c2c1C. The first-order valence-electron chi connectivity index (χ1n) is 10.3. The maximum Gasteiger partial charge on any atom is 0.264 e. The number of ether oxygens (including phenoxy) is 2. The van der Waals surface area contributed by atoms with Crippen LogP contribution in [0.5, 0.6) is 5.88 Å². The summed E-state index contributed by atoms with van der Waals surface area (Å²) in [4.78, 5) is 36.8. The number of halogens is 3. The second-order valence-corrected chi connectivity index (χ2v) is 8.32. The molecule has 182 valence electrons. The molecule has 8 nitrogen and oxygen atoms in total. The van der Waals surface area contributed by atoms with Crippen molar-refractivity contribution >= 4 is 39.1 Å². The van der Waals surface area contributed by atoms with Gasteiger partial charge >= 0.3 is 0 Å². The van der Waals surface area contributed by atoms with Gasteiger partial charge in [-0.3, -0.25) is 9.59 Å². The van der Waals surface area contributed by atoms with Crippen LogP contribution in [0.3, 0.4) is 0 Å². The zero-order chi connectivity index (χ0) is 25.0. The van der Waals surface area contributed by atoms with Gasteiger partial charge in [-0.15, -0.1) is 11.3 Å². The van der Waals surface area contributed by atoms with Gasteiger partial charge in [-0.2, -0.15) is 4.98 Å². The molecule has 2 heterocycles. The van der Waals surface area contributed by atoms with Crippen molar-refractivity contribution in [2.45, 2.75) is 26.9 Å². The molecule has 0 atom stereocenters. The Labute approximate surface area is 197 Å². The molecule has 2 aromatic heterocycles. The largest absolute Gasteiger partial charge is 0.480 e. The van der Waals surface area contributed by atoms with Gasteiger partial charge in [0.05, 0.1) is 23.1 Å². The Bertz CT molecular complexity index is 1230. The number of methoxy groups -OCH3 is 2. The number of anilines is 1. The molecule has 0 bridgehead atoms. The van der Waals surface area contributed by atoms with Gasteiger partial charge in [0.15, 0.2) is 23.3 Å². The third-order valence-electron chi connectivity index (χ3n) is 4.89. The molecule has 0 radical (unpaired) electrons. The number of nitrogens with zero attached hydrogens (tertiary/aromatic N) is 3. The molecule has 0 aliphatic carbocycles. The van der Waals surface area contributed by atoms with E-state index >= 15 is 0 Å². The summed E-state index contributed by atoms with van der Waals surface area (Å²) in [6.07, 6.45) is 0.545. The highest BCUT2D eigenvalue weighted by molar-refractivity contribution is 7.20. The molecule has 0 aliphatic heterocycles. The highest BCUT2D eigenvalue weighted by atomic mass is 32.1. The van der Waals surface area contributed by atoms with Crippen molar-refractivity contribution in [3.8, 4) is 5.88 Å². The van der Waals surface area contributed by atoms with E-state index in [-0.39, 0.29) is 13.2 Å². The standard InChI is InChI=1S/C22H23F3N4O4S/c1-5-8-29(9-15(30)26-13-7-6-12(23)17(24)18(13)25)22(31)19-11(2)16-20(33-4)27-14(10-32-3)28-21(16)34-19/h6-7H,5,8-10H2,1-4H3,(H,26,30). The number of rotatable bonds is 9. The average molecular weight is 497 g/mol. The van der Waals surface area contributed by atoms with Crippen LogP contribution in [0.1, 0.15) is 34.4 Å². The van der Waals surface area contributed by atoms with Crippen LogP contribution >= 0.6 is 11.3 Å². The summed E-state index contributed by atoms with van der Waals surface area (Å²) in [6, 6.07) is 1.62. The fourth-order valence-corrected chi connectivity index (χ4v) is 4.50. The van der Waals surface area contributed by atoms with E-state index in [1.807, 2.05) is 6.92 Å². The quantitative estimate of drug-likeness (QED) is 0.449. The van der Waals surface area contributed by atoms with Crippen LogP contribution in [0.25, 0.3) is 10.2 Å². The number of nitrogens with one attached hydrogen (secondary N) is 1. The second kappa shape index (κ2) is 10.8. The highest BCUT2D eigenvalue weighted by Gasteiger charge is 2.26. The van der Waals surface area contributed by atoms with Crippen molar-refractivity contribution in [1.29, 1.82) is 0 Å². The normalized spacial score (nSPS) is 11.0. The molecule has 1 N–H and O–H groups in total. The topological polar surface area (TPSA) is 93.7 Å². The highest BCUT2D eigenvalue weighted by Crippen LogP contribution is 2.35. The number of carbonyl (C=O) groups excluding carboxylic acids is 2. The molecule has 12 heteroatoms. The second-order valence-electron chi connectivity index (χ2n) is 7.32. The number of hydrogen-bond acceptors (Lipinski definition) is 7. The number of amides is 2. The summed E-state index contributed by atoms with van der Waals surface area (Å²) in [7, 11) is 2.97. The average Bonchev–Trinajstić information content (AvgIpc) is 3.14. The molecule has 0 unspecified atom stereocenters. The van der Waals surface area contributed by atoms with Crippen LogP contribution in [0, 0.1) is 24.4 Å². The molecule has 1 aromatic carbocycles. The lowest BCUT2D eigenvalue weighted by Crippen LogP contribution is -2.38. The predicted octanol–water partition coefficient (Wildman–Crippen LogP) is 4.06. The Kier molecular flexibility index (Phi) is 8.05. The van der Waals surface area contributed by atoms with Gasteiger partial charge in [0.25, 0.3) is 5.91 Å². The van der Waals surface area contributed by atoms with Gasteiger partial charge in [-0.05, 0) is 31.0 Å². The van der Waals surface area contributed by atoms with Crippen LogP contribution in [-0.2, 0) is 16.1 Å². The van der Waals surface area contributed by atoms with Gasteiger partial charge in [0.2, 0.25) is 11.8 Å². The molecule has 0 saturated heterocycles. The molecule has 2 amide bonds. The van der Waals surface area contributed by atoms with Crippen LogP contribution in [0.4, 0.5) is 18.9 Å². The summed E-state index contributed by atoms with van der Waals surface area (Å²) in [5, 5.41) is 2.77. The van der Waals surface area contributed by atoms with Crippen molar-refractivity contribution in [3.05, 3.63) is 45.8 Å². The molecule has 0 aliphatic rings. The van der Waals surface area contributed by atoms with E-state index in [4.69, 9.17) is 9.47 Å². The van der Waals surface area contributed by atoms with E-state index in [9.17, 15) is 22.8 Å². The van der Waals surface area contributed by atoms with Crippen molar-refractivity contribution in [1.82, 2.24) is 14.9 Å². The molecule has 0 saturated carbocycles. The van der Waals surface area contributed by atoms with Gasteiger partial charge in [-0.25, -0.2) is 18.2 Å². The monoisotopic (exact) mass is 496 g/mol. The summed E-state index contributed by atoms with van der Waals surface area (Å²) in [6.45, 7) is 3.54. The number of aryl methyl sites for hydroxylation is 1. The van der Waals surface area contributed by atoms with E-state index in [2.05, 4.69) is 15.3 Å². The number of carbonyl (C=O) groups is 2. The lowest BCUT2D eigenvalue weighted by molar-refractivity contribution is -0.116. The molecule has 0 spiro atoms. The van der Waals surface area contributed by atoms with Crippen molar-refractivity contribution < 1.29 is 32.2 Å². The van der Waals surface area contributed by atoms with Crippen LogP contribution in [0.2, 0.25) is 0 Å². The lowest BCUT2D eigenvalue weighted by atomic mass is 10.2. The first-order valence-corrected chi connectivity index (χ1v) is 11.1. The van der Waals surface area contributed by atoms with Crippen molar-refractivity contribution in [2.24, 2.45) is 0 Å².